The number of hydrogen-bond donors (Lipinski definition) is 1. The van der Waals surface area contributed by atoms with E-state index in [1.807, 2.05) is 42.5 Å². The zero-order valence-corrected chi connectivity index (χ0v) is 19.1. The number of amides is 1. The number of benzene rings is 2. The lowest BCUT2D eigenvalue weighted by molar-refractivity contribution is -0.125. The molecule has 0 aromatic heterocycles. The molecule has 0 unspecified atom stereocenters. The molecule has 7 rings (SSSR count). The molecule has 170 valence electrons. The van der Waals surface area contributed by atoms with Crippen molar-refractivity contribution in [2.45, 2.75) is 44.6 Å². The Labute approximate surface area is 190 Å². The maximum Gasteiger partial charge on any atom is 0.304 e. The molecular weight excluding hydrogens is 422 g/mol. The molecular formula is C25H31N3O3S. The zero-order valence-electron chi connectivity index (χ0n) is 18.3. The minimum Gasteiger partial charge on any atom is -0.352 e. The zero-order chi connectivity index (χ0) is 21.9. The molecule has 1 heterocycles. The second kappa shape index (κ2) is 7.73. The highest BCUT2D eigenvalue weighted by Gasteiger charge is 2.48. The number of fused-ring (bicyclic) bond motifs is 1. The molecule has 2 aromatic rings. The minimum absolute atomic E-state index is 0.0881. The first-order valence-electron chi connectivity index (χ1n) is 12.0. The lowest BCUT2D eigenvalue weighted by Crippen LogP contribution is -2.58. The van der Waals surface area contributed by atoms with Crippen molar-refractivity contribution in [1.29, 1.82) is 0 Å². The number of nitrogens with one attached hydrogen (secondary N) is 1. The summed E-state index contributed by atoms with van der Waals surface area (Å²) in [6.45, 7) is 0.741. The van der Waals surface area contributed by atoms with Crippen LogP contribution in [0.1, 0.15) is 38.5 Å². The Balaban J connectivity index is 1.17. The van der Waals surface area contributed by atoms with Crippen LogP contribution in [0.25, 0.3) is 10.8 Å². The summed E-state index contributed by atoms with van der Waals surface area (Å²) in [6, 6.07) is 13.9. The van der Waals surface area contributed by atoms with Gasteiger partial charge in [0.15, 0.2) is 0 Å². The van der Waals surface area contributed by atoms with E-state index in [0.29, 0.717) is 37.0 Å². The number of hydrogen-bond acceptors (Lipinski definition) is 3. The van der Waals surface area contributed by atoms with Gasteiger partial charge >= 0.3 is 10.2 Å². The van der Waals surface area contributed by atoms with Crippen LogP contribution < -0.4 is 9.62 Å². The van der Waals surface area contributed by atoms with Crippen molar-refractivity contribution in [1.82, 2.24) is 9.62 Å². The van der Waals surface area contributed by atoms with Crippen LogP contribution in [-0.4, -0.2) is 44.3 Å². The van der Waals surface area contributed by atoms with Crippen molar-refractivity contribution in [2.75, 3.05) is 23.9 Å². The van der Waals surface area contributed by atoms with Gasteiger partial charge in [0.25, 0.3) is 0 Å². The summed E-state index contributed by atoms with van der Waals surface area (Å²) in [5.41, 5.74) is 0.662. The first-order chi connectivity index (χ1) is 15.5. The van der Waals surface area contributed by atoms with Crippen LogP contribution >= 0.6 is 0 Å². The molecule has 5 fully saturated rings. The van der Waals surface area contributed by atoms with Crippen molar-refractivity contribution >= 4 is 32.6 Å². The van der Waals surface area contributed by atoms with Crippen LogP contribution in [0.4, 0.5) is 5.69 Å². The number of anilines is 1. The van der Waals surface area contributed by atoms with E-state index >= 15 is 0 Å². The van der Waals surface area contributed by atoms with Crippen LogP contribution in [0, 0.1) is 23.7 Å². The highest BCUT2D eigenvalue weighted by Crippen LogP contribution is 2.53. The standard InChI is InChI=1S/C25H31N3O3S/c29-24(26-25-21-11-17-10-18(13-21)14-22(25)12-17)16-27-8-3-9-28(32(27,30)31)23-7-6-19-4-1-2-5-20(19)15-23/h1-2,4-7,15,17-18,21-22,25H,3,8-14,16H2,(H,26,29). The van der Waals surface area contributed by atoms with Crippen LogP contribution in [0.15, 0.2) is 42.5 Å². The van der Waals surface area contributed by atoms with Gasteiger partial charge in [-0.25, -0.2) is 0 Å². The maximum absolute atomic E-state index is 13.4. The molecule has 0 spiro atoms. The molecule has 0 atom stereocenters. The van der Waals surface area contributed by atoms with Crippen molar-refractivity contribution in [3.63, 3.8) is 0 Å². The quantitative estimate of drug-likeness (QED) is 0.770. The molecule has 6 nitrogen and oxygen atoms in total. The van der Waals surface area contributed by atoms with Crippen LogP contribution in [0.5, 0.6) is 0 Å². The number of carbonyl (C=O) groups is 1. The van der Waals surface area contributed by atoms with Gasteiger partial charge in [-0.05, 0) is 85.1 Å². The monoisotopic (exact) mass is 453 g/mol. The van der Waals surface area contributed by atoms with Crippen molar-refractivity contribution in [3.8, 4) is 0 Å². The fourth-order valence-corrected chi connectivity index (χ4v) is 8.73. The molecule has 5 aliphatic rings. The third-order valence-electron chi connectivity index (χ3n) is 8.27. The topological polar surface area (TPSA) is 69.7 Å². The average Bonchev–Trinajstić information content (AvgIpc) is 2.77. The first-order valence-corrected chi connectivity index (χ1v) is 13.4. The summed E-state index contributed by atoms with van der Waals surface area (Å²) in [4.78, 5) is 13.0. The summed E-state index contributed by atoms with van der Waals surface area (Å²) in [6.07, 6.45) is 7.01. The normalized spacial score (nSPS) is 33.5. The summed E-state index contributed by atoms with van der Waals surface area (Å²) in [5, 5.41) is 5.35. The van der Waals surface area contributed by atoms with E-state index in [0.717, 1.165) is 22.6 Å². The lowest BCUT2D eigenvalue weighted by atomic mass is 9.54. The molecule has 7 heteroatoms. The summed E-state index contributed by atoms with van der Waals surface area (Å²) in [7, 11) is -3.74. The van der Waals surface area contributed by atoms with E-state index in [1.165, 1.54) is 40.7 Å². The smallest absolute Gasteiger partial charge is 0.304 e. The molecule has 4 aliphatic carbocycles. The summed E-state index contributed by atoms with van der Waals surface area (Å²) in [5.74, 6) is 2.73. The van der Waals surface area contributed by atoms with Gasteiger partial charge in [0.05, 0.1) is 12.2 Å². The predicted molar refractivity (Wildman–Crippen MR) is 125 cm³/mol. The SMILES string of the molecule is O=C(CN1CCCN(c2ccc3ccccc3c2)S1(=O)=O)NC1C2CC3CC(C2)CC1C3. The van der Waals surface area contributed by atoms with E-state index in [9.17, 15) is 13.2 Å². The molecule has 1 aliphatic heterocycles. The van der Waals surface area contributed by atoms with Gasteiger partial charge in [-0.3, -0.25) is 9.10 Å². The molecule has 1 saturated heterocycles. The Morgan fingerprint density at radius 1 is 0.906 bits per heavy atom. The second-order valence-electron chi connectivity index (χ2n) is 10.3. The van der Waals surface area contributed by atoms with E-state index in [4.69, 9.17) is 0 Å². The average molecular weight is 454 g/mol. The molecule has 1 N–H and O–H groups in total. The Morgan fingerprint density at radius 3 is 2.31 bits per heavy atom. The van der Waals surface area contributed by atoms with Gasteiger partial charge in [0.2, 0.25) is 5.91 Å². The van der Waals surface area contributed by atoms with Crippen LogP contribution in [0.2, 0.25) is 0 Å². The number of nitrogens with zero attached hydrogens (tertiary/aromatic N) is 2. The number of rotatable bonds is 4. The summed E-state index contributed by atoms with van der Waals surface area (Å²) < 4.78 is 29.6. The van der Waals surface area contributed by atoms with Crippen LogP contribution in [0.3, 0.4) is 0 Å². The van der Waals surface area contributed by atoms with Crippen LogP contribution in [-0.2, 0) is 15.0 Å². The van der Waals surface area contributed by atoms with Crippen molar-refractivity contribution in [3.05, 3.63) is 42.5 Å². The van der Waals surface area contributed by atoms with Crippen molar-refractivity contribution < 1.29 is 13.2 Å². The van der Waals surface area contributed by atoms with Gasteiger partial charge in [-0.1, -0.05) is 30.3 Å². The van der Waals surface area contributed by atoms with Gasteiger partial charge in [0, 0.05) is 19.1 Å². The molecule has 1 amide bonds. The molecule has 0 radical (unpaired) electrons. The third kappa shape index (κ3) is 3.50. The largest absolute Gasteiger partial charge is 0.352 e. The van der Waals surface area contributed by atoms with Gasteiger partial charge < -0.3 is 5.32 Å². The fourth-order valence-electron chi connectivity index (χ4n) is 7.07. The highest BCUT2D eigenvalue weighted by atomic mass is 32.2. The fraction of sp³-hybridized carbons (Fsp3) is 0.560. The highest BCUT2D eigenvalue weighted by molar-refractivity contribution is 7.90. The van der Waals surface area contributed by atoms with E-state index in [-0.39, 0.29) is 18.5 Å². The summed E-state index contributed by atoms with van der Waals surface area (Å²) >= 11 is 0. The Kier molecular flexibility index (Phi) is 4.95. The third-order valence-corrected chi connectivity index (χ3v) is 10.2. The van der Waals surface area contributed by atoms with E-state index in [1.54, 1.807) is 0 Å². The van der Waals surface area contributed by atoms with Gasteiger partial charge in [-0.2, -0.15) is 12.7 Å². The van der Waals surface area contributed by atoms with Gasteiger partial charge in [-0.15, -0.1) is 0 Å². The Hall–Kier alpha value is -2.12. The van der Waals surface area contributed by atoms with Gasteiger partial charge in [0.1, 0.15) is 0 Å². The predicted octanol–water partition coefficient (Wildman–Crippen LogP) is 3.54. The first kappa shape index (κ1) is 20.5. The Bertz CT molecular complexity index is 1120. The Morgan fingerprint density at radius 2 is 1.59 bits per heavy atom. The molecule has 2 aromatic carbocycles. The molecule has 4 bridgehead atoms. The van der Waals surface area contributed by atoms with E-state index < -0.39 is 10.2 Å². The number of carbonyl (C=O) groups excluding carboxylic acids is 1. The maximum atomic E-state index is 13.4. The molecule has 32 heavy (non-hydrogen) atoms. The minimum atomic E-state index is -3.74. The van der Waals surface area contributed by atoms with Crippen molar-refractivity contribution in [2.24, 2.45) is 23.7 Å². The van der Waals surface area contributed by atoms with E-state index in [2.05, 4.69) is 5.32 Å². The molecule has 4 saturated carbocycles. The lowest BCUT2D eigenvalue weighted by Gasteiger charge is -2.54. The second-order valence-corrected chi connectivity index (χ2v) is 12.2.